The Morgan fingerprint density at radius 2 is 2.13 bits per heavy atom. The van der Waals surface area contributed by atoms with E-state index in [-0.39, 0.29) is 0 Å². The molecule has 0 aromatic rings. The topological polar surface area (TPSA) is 24.4 Å². The van der Waals surface area contributed by atoms with Crippen LogP contribution in [-0.2, 0) is 0 Å². The molecule has 0 saturated heterocycles. The molecule has 1 N–H and O–H groups in total. The van der Waals surface area contributed by atoms with E-state index >= 15 is 0 Å². The van der Waals surface area contributed by atoms with Gasteiger partial charge in [-0.15, -0.1) is 0 Å². The first-order chi connectivity index (χ1) is 7.24. The predicted octanol–water partition coefficient (Wildman–Crippen LogP) is 3.04. The fourth-order valence-electron chi connectivity index (χ4n) is 2.40. The SMILES string of the molecule is CC(C)CC1CSC(NC2CCCC2)=N1. The lowest BCUT2D eigenvalue weighted by molar-refractivity contribution is 0.527. The maximum atomic E-state index is 4.76. The Morgan fingerprint density at radius 1 is 1.40 bits per heavy atom. The maximum Gasteiger partial charge on any atom is 0.157 e. The zero-order valence-corrected chi connectivity index (χ0v) is 10.6. The lowest BCUT2D eigenvalue weighted by Crippen LogP contribution is -2.29. The molecule has 0 aromatic carbocycles. The van der Waals surface area contributed by atoms with Crippen LogP contribution in [0.5, 0.6) is 0 Å². The van der Waals surface area contributed by atoms with Crippen molar-refractivity contribution in [3.63, 3.8) is 0 Å². The molecule has 0 aromatic heterocycles. The Kier molecular flexibility index (Phi) is 3.95. The second kappa shape index (κ2) is 5.24. The molecule has 0 amide bonds. The van der Waals surface area contributed by atoms with E-state index in [0.717, 1.165) is 5.92 Å². The Balaban J connectivity index is 1.78. The molecule has 2 nitrogen and oxygen atoms in total. The summed E-state index contributed by atoms with van der Waals surface area (Å²) >= 11 is 1.92. The number of aliphatic imine (C=N–C) groups is 1. The third-order valence-corrected chi connectivity index (χ3v) is 4.19. The van der Waals surface area contributed by atoms with Gasteiger partial charge in [0, 0.05) is 11.8 Å². The fourth-order valence-corrected chi connectivity index (χ4v) is 3.44. The van der Waals surface area contributed by atoms with Crippen molar-refractivity contribution in [1.29, 1.82) is 0 Å². The van der Waals surface area contributed by atoms with Gasteiger partial charge in [0.05, 0.1) is 6.04 Å². The molecule has 0 spiro atoms. The van der Waals surface area contributed by atoms with E-state index in [1.165, 1.54) is 43.0 Å². The molecule has 0 radical (unpaired) electrons. The van der Waals surface area contributed by atoms with Gasteiger partial charge in [0.2, 0.25) is 0 Å². The van der Waals surface area contributed by atoms with Crippen molar-refractivity contribution >= 4 is 16.9 Å². The van der Waals surface area contributed by atoms with Gasteiger partial charge in [-0.1, -0.05) is 38.5 Å². The molecule has 1 unspecified atom stereocenters. The van der Waals surface area contributed by atoms with E-state index in [4.69, 9.17) is 4.99 Å². The summed E-state index contributed by atoms with van der Waals surface area (Å²) in [6.07, 6.45) is 6.71. The van der Waals surface area contributed by atoms with Crippen molar-refractivity contribution < 1.29 is 0 Å². The van der Waals surface area contributed by atoms with Crippen LogP contribution in [0, 0.1) is 5.92 Å². The highest BCUT2D eigenvalue weighted by Crippen LogP contribution is 2.24. The molecule has 1 aliphatic heterocycles. The number of nitrogens with zero attached hydrogens (tertiary/aromatic N) is 1. The number of amidine groups is 1. The molecule has 1 saturated carbocycles. The van der Waals surface area contributed by atoms with Crippen LogP contribution in [0.4, 0.5) is 0 Å². The zero-order valence-electron chi connectivity index (χ0n) is 9.83. The normalized spacial score (nSPS) is 27.4. The van der Waals surface area contributed by atoms with E-state index in [1.54, 1.807) is 0 Å². The molecule has 2 aliphatic rings. The van der Waals surface area contributed by atoms with E-state index in [9.17, 15) is 0 Å². The minimum atomic E-state index is 0.568. The Labute approximate surface area is 97.3 Å². The summed E-state index contributed by atoms with van der Waals surface area (Å²) in [5, 5.41) is 4.81. The Hall–Kier alpha value is -0.180. The standard InChI is InChI=1S/C12H22N2S/c1-9(2)7-11-8-15-12(14-11)13-10-5-3-4-6-10/h9-11H,3-8H2,1-2H3,(H,13,14). The second-order valence-corrected chi connectivity index (χ2v) is 6.16. The van der Waals surface area contributed by atoms with Gasteiger partial charge >= 0.3 is 0 Å². The molecule has 1 heterocycles. The molecule has 0 bridgehead atoms. The number of hydrogen-bond acceptors (Lipinski definition) is 3. The summed E-state index contributed by atoms with van der Waals surface area (Å²) < 4.78 is 0. The van der Waals surface area contributed by atoms with Gasteiger partial charge in [-0.05, 0) is 25.2 Å². The third kappa shape index (κ3) is 3.40. The summed E-state index contributed by atoms with van der Waals surface area (Å²) in [6, 6.07) is 1.29. The first-order valence-electron chi connectivity index (χ1n) is 6.21. The molecule has 1 fully saturated rings. The lowest BCUT2D eigenvalue weighted by Gasteiger charge is -2.11. The van der Waals surface area contributed by atoms with E-state index in [2.05, 4.69) is 19.2 Å². The predicted molar refractivity (Wildman–Crippen MR) is 68.5 cm³/mol. The first kappa shape index (κ1) is 11.3. The molecule has 15 heavy (non-hydrogen) atoms. The number of nitrogens with one attached hydrogen (secondary N) is 1. The Bertz CT molecular complexity index is 232. The largest absolute Gasteiger partial charge is 0.362 e. The van der Waals surface area contributed by atoms with Gasteiger partial charge in [-0.3, -0.25) is 4.99 Å². The third-order valence-electron chi connectivity index (χ3n) is 3.14. The minimum Gasteiger partial charge on any atom is -0.362 e. The highest BCUT2D eigenvalue weighted by molar-refractivity contribution is 8.14. The summed E-state index contributed by atoms with van der Waals surface area (Å²) in [5.41, 5.74) is 0. The first-order valence-corrected chi connectivity index (χ1v) is 7.19. The van der Waals surface area contributed by atoms with Crippen molar-refractivity contribution in [2.75, 3.05) is 5.75 Å². The van der Waals surface area contributed by atoms with Gasteiger partial charge in [-0.25, -0.2) is 0 Å². The van der Waals surface area contributed by atoms with Crippen molar-refractivity contribution in [3.05, 3.63) is 0 Å². The molecule has 1 atom stereocenters. The molecular formula is C12H22N2S. The van der Waals surface area contributed by atoms with Gasteiger partial charge in [-0.2, -0.15) is 0 Å². The van der Waals surface area contributed by atoms with Crippen LogP contribution in [0.1, 0.15) is 46.0 Å². The van der Waals surface area contributed by atoms with Crippen LogP contribution in [0.2, 0.25) is 0 Å². The van der Waals surface area contributed by atoms with Crippen molar-refractivity contribution in [2.45, 2.75) is 58.0 Å². The van der Waals surface area contributed by atoms with Crippen molar-refractivity contribution in [1.82, 2.24) is 5.32 Å². The fraction of sp³-hybridized carbons (Fsp3) is 0.917. The highest BCUT2D eigenvalue weighted by Gasteiger charge is 2.22. The molecule has 1 aliphatic carbocycles. The van der Waals surface area contributed by atoms with E-state index in [0.29, 0.717) is 12.1 Å². The molecule has 2 rings (SSSR count). The van der Waals surface area contributed by atoms with Gasteiger partial charge in [0.15, 0.2) is 5.17 Å². The van der Waals surface area contributed by atoms with Crippen LogP contribution in [-0.4, -0.2) is 23.0 Å². The van der Waals surface area contributed by atoms with Crippen molar-refractivity contribution in [3.8, 4) is 0 Å². The minimum absolute atomic E-state index is 0.568. The summed E-state index contributed by atoms with van der Waals surface area (Å²) in [4.78, 5) is 4.76. The van der Waals surface area contributed by atoms with Crippen molar-refractivity contribution in [2.24, 2.45) is 10.9 Å². The summed E-state index contributed by atoms with van der Waals surface area (Å²) in [6.45, 7) is 4.56. The van der Waals surface area contributed by atoms with Gasteiger partial charge < -0.3 is 5.32 Å². The van der Waals surface area contributed by atoms with Crippen LogP contribution in [0.3, 0.4) is 0 Å². The van der Waals surface area contributed by atoms with E-state index < -0.39 is 0 Å². The van der Waals surface area contributed by atoms with Crippen LogP contribution < -0.4 is 5.32 Å². The van der Waals surface area contributed by atoms with Crippen LogP contribution >= 0.6 is 11.8 Å². The molecule has 86 valence electrons. The zero-order chi connectivity index (χ0) is 10.7. The average molecular weight is 226 g/mol. The molecule has 3 heteroatoms. The smallest absolute Gasteiger partial charge is 0.157 e. The molecular weight excluding hydrogens is 204 g/mol. The maximum absolute atomic E-state index is 4.76. The second-order valence-electron chi connectivity index (χ2n) is 5.15. The summed E-state index contributed by atoms with van der Waals surface area (Å²) in [7, 11) is 0. The van der Waals surface area contributed by atoms with Crippen LogP contribution in [0.25, 0.3) is 0 Å². The highest BCUT2D eigenvalue weighted by atomic mass is 32.2. The Morgan fingerprint density at radius 3 is 2.80 bits per heavy atom. The number of rotatable bonds is 3. The number of thioether (sulfide) groups is 1. The average Bonchev–Trinajstić information content (AvgIpc) is 2.77. The summed E-state index contributed by atoms with van der Waals surface area (Å²) in [5.74, 6) is 1.96. The van der Waals surface area contributed by atoms with Crippen LogP contribution in [0.15, 0.2) is 4.99 Å². The quantitative estimate of drug-likeness (QED) is 0.800. The lowest BCUT2D eigenvalue weighted by atomic mass is 10.1. The van der Waals surface area contributed by atoms with E-state index in [1.807, 2.05) is 11.8 Å². The monoisotopic (exact) mass is 226 g/mol. The number of hydrogen-bond donors (Lipinski definition) is 1. The van der Waals surface area contributed by atoms with Gasteiger partial charge in [0.25, 0.3) is 0 Å². The van der Waals surface area contributed by atoms with Gasteiger partial charge in [0.1, 0.15) is 0 Å².